The van der Waals surface area contributed by atoms with Gasteiger partial charge in [0.2, 0.25) is 23.6 Å². The Kier molecular flexibility index (Phi) is 5.95. The number of fused-ring (bicyclic) bond motifs is 4. The van der Waals surface area contributed by atoms with Gasteiger partial charge in [-0.2, -0.15) is 0 Å². The van der Waals surface area contributed by atoms with E-state index in [0.29, 0.717) is 19.4 Å². The number of phenols is 1. The van der Waals surface area contributed by atoms with Gasteiger partial charge in [0, 0.05) is 12.5 Å². The second-order valence-electron chi connectivity index (χ2n) is 11.2. The van der Waals surface area contributed by atoms with E-state index in [0.717, 1.165) is 22.1 Å². The minimum atomic E-state index is -1.21. The lowest BCUT2D eigenvalue weighted by atomic mass is 9.51. The van der Waals surface area contributed by atoms with Crippen LogP contribution in [0.15, 0.2) is 54.1 Å². The Hall–Kier alpha value is -3.52. The number of phenolic OH excluding ortho intramolecular Hbond substituents is 1. The summed E-state index contributed by atoms with van der Waals surface area (Å²) < 4.78 is 13.9. The topological polar surface area (TPSA) is 95.0 Å². The van der Waals surface area contributed by atoms with Gasteiger partial charge in [0.15, 0.2) is 0 Å². The van der Waals surface area contributed by atoms with Gasteiger partial charge in [-0.15, -0.1) is 0 Å². The van der Waals surface area contributed by atoms with Crippen molar-refractivity contribution in [2.45, 2.75) is 39.0 Å². The van der Waals surface area contributed by atoms with E-state index in [9.17, 15) is 28.7 Å². The molecule has 4 aliphatic rings. The fourth-order valence-corrected chi connectivity index (χ4v) is 7.62. The largest absolute Gasteiger partial charge is 0.508 e. The number of aromatic hydroxyl groups is 1. The van der Waals surface area contributed by atoms with Crippen molar-refractivity contribution in [2.24, 2.45) is 29.1 Å². The highest BCUT2D eigenvalue weighted by Gasteiger charge is 2.67. The highest BCUT2D eigenvalue weighted by Crippen LogP contribution is 2.63. The lowest BCUT2D eigenvalue weighted by molar-refractivity contribution is -0.140. The molecular formula is C30H28ClFN2O5. The molecule has 4 amide bonds. The fourth-order valence-electron chi connectivity index (χ4n) is 7.44. The van der Waals surface area contributed by atoms with Crippen LogP contribution in [0.1, 0.15) is 44.6 Å². The molecule has 0 spiro atoms. The summed E-state index contributed by atoms with van der Waals surface area (Å²) in [5, 5.41) is 9.76. The van der Waals surface area contributed by atoms with Gasteiger partial charge in [-0.3, -0.25) is 24.1 Å². The molecule has 2 saturated heterocycles. The Labute approximate surface area is 230 Å². The maximum Gasteiger partial charge on any atom is 0.241 e. The average molecular weight is 551 g/mol. The zero-order chi connectivity index (χ0) is 27.8. The van der Waals surface area contributed by atoms with Crippen molar-refractivity contribution in [1.82, 2.24) is 4.90 Å². The molecule has 2 aliphatic heterocycles. The number of likely N-dealkylation sites (tertiary alicyclic amines) is 1. The van der Waals surface area contributed by atoms with Crippen LogP contribution in [0.25, 0.3) is 0 Å². The molecule has 1 saturated carbocycles. The van der Waals surface area contributed by atoms with Crippen molar-refractivity contribution in [3.05, 3.63) is 70.5 Å². The van der Waals surface area contributed by atoms with Crippen LogP contribution in [0.4, 0.5) is 10.1 Å². The van der Waals surface area contributed by atoms with Crippen molar-refractivity contribution in [1.29, 1.82) is 0 Å². The summed E-state index contributed by atoms with van der Waals surface area (Å²) in [4.78, 5) is 57.5. The van der Waals surface area contributed by atoms with Crippen LogP contribution in [0, 0.1) is 34.9 Å². The predicted molar refractivity (Wildman–Crippen MR) is 141 cm³/mol. The van der Waals surface area contributed by atoms with Crippen LogP contribution in [-0.4, -0.2) is 40.2 Å². The van der Waals surface area contributed by atoms with Gasteiger partial charge in [0.25, 0.3) is 0 Å². The van der Waals surface area contributed by atoms with Gasteiger partial charge < -0.3 is 5.11 Å². The molecule has 2 aromatic carbocycles. The first-order chi connectivity index (χ1) is 18.6. The van der Waals surface area contributed by atoms with Crippen LogP contribution < -0.4 is 4.90 Å². The Morgan fingerprint density at radius 2 is 1.74 bits per heavy atom. The smallest absolute Gasteiger partial charge is 0.241 e. The third-order valence-electron chi connectivity index (χ3n) is 9.20. The van der Waals surface area contributed by atoms with E-state index >= 15 is 0 Å². The molecule has 7 nitrogen and oxygen atoms in total. The molecule has 0 aromatic heterocycles. The molecule has 6 unspecified atom stereocenters. The number of amides is 4. The Morgan fingerprint density at radius 1 is 1.03 bits per heavy atom. The summed E-state index contributed by atoms with van der Waals surface area (Å²) in [6.45, 7) is 4.04. The quantitative estimate of drug-likeness (QED) is 0.435. The van der Waals surface area contributed by atoms with Gasteiger partial charge in [0.05, 0.1) is 33.9 Å². The maximum absolute atomic E-state index is 14.2. The first-order valence-electron chi connectivity index (χ1n) is 13.3. The van der Waals surface area contributed by atoms with Crippen LogP contribution in [0.2, 0.25) is 5.02 Å². The van der Waals surface area contributed by atoms with Crippen molar-refractivity contribution in [3.8, 4) is 5.75 Å². The van der Waals surface area contributed by atoms with E-state index in [1.807, 2.05) is 13.0 Å². The summed E-state index contributed by atoms with van der Waals surface area (Å²) in [6.07, 6.45) is 3.27. The molecular weight excluding hydrogens is 523 g/mol. The molecule has 9 heteroatoms. The van der Waals surface area contributed by atoms with Crippen LogP contribution in [0.5, 0.6) is 5.75 Å². The van der Waals surface area contributed by atoms with Gasteiger partial charge in [-0.1, -0.05) is 42.3 Å². The zero-order valence-corrected chi connectivity index (χ0v) is 22.3. The predicted octanol–water partition coefficient (Wildman–Crippen LogP) is 4.83. The summed E-state index contributed by atoms with van der Waals surface area (Å²) in [6, 6.07) is 10.3. The van der Waals surface area contributed by atoms with Gasteiger partial charge in [0.1, 0.15) is 11.6 Å². The number of halogens is 2. The number of imide groups is 2. The molecule has 2 aromatic rings. The Bertz CT molecular complexity index is 1460. The average Bonchev–Trinajstić information content (AvgIpc) is 3.27. The SMILES string of the molecule is CCCN1C(=O)C2CC=C3C(CC4C(=O)N(c5ccc(F)c(Cl)c5)C(=O)C4(C)C3c3ccc(O)cc3)C2C1=O. The number of benzene rings is 2. The first-order valence-corrected chi connectivity index (χ1v) is 13.6. The summed E-state index contributed by atoms with van der Waals surface area (Å²) >= 11 is 6.01. The van der Waals surface area contributed by atoms with Gasteiger partial charge in [-0.05, 0) is 68.0 Å². The molecule has 1 N–H and O–H groups in total. The number of carbonyl (C=O) groups excluding carboxylic acids is 4. The second-order valence-corrected chi connectivity index (χ2v) is 11.6. The second kappa shape index (κ2) is 9.01. The lowest BCUT2D eigenvalue weighted by Crippen LogP contribution is -2.48. The summed E-state index contributed by atoms with van der Waals surface area (Å²) in [5.74, 6) is -4.66. The number of hydrogen-bond acceptors (Lipinski definition) is 5. The molecule has 3 fully saturated rings. The Balaban J connectivity index is 1.50. The Morgan fingerprint density at radius 3 is 2.41 bits per heavy atom. The first kappa shape index (κ1) is 25.7. The lowest BCUT2D eigenvalue weighted by Gasteiger charge is -2.49. The monoisotopic (exact) mass is 550 g/mol. The molecule has 6 rings (SSSR count). The number of anilines is 1. The highest BCUT2D eigenvalue weighted by atomic mass is 35.5. The van der Waals surface area contributed by atoms with E-state index in [4.69, 9.17) is 11.6 Å². The standard InChI is InChI=1S/C30H28ClFN2O5/c1-3-12-33-26(36)19-10-9-18-20(24(19)28(33)38)14-21-27(37)34(16-6-11-23(32)22(31)13-16)29(39)30(21,2)25(18)15-4-7-17(35)8-5-15/h4-9,11,13,19-21,24-25,35H,3,10,12,14H2,1-2H3. The van der Waals surface area contributed by atoms with Crippen molar-refractivity contribution >= 4 is 40.9 Å². The number of allylic oxidation sites excluding steroid dienone is 2. The minimum absolute atomic E-state index is 0.0636. The van der Waals surface area contributed by atoms with Crippen molar-refractivity contribution < 1.29 is 28.7 Å². The van der Waals surface area contributed by atoms with E-state index in [-0.39, 0.29) is 34.7 Å². The van der Waals surface area contributed by atoms with Crippen LogP contribution >= 0.6 is 11.6 Å². The molecule has 202 valence electrons. The minimum Gasteiger partial charge on any atom is -0.508 e. The third-order valence-corrected chi connectivity index (χ3v) is 9.49. The highest BCUT2D eigenvalue weighted by molar-refractivity contribution is 6.31. The molecule has 2 aliphatic carbocycles. The van der Waals surface area contributed by atoms with E-state index in [1.54, 1.807) is 19.1 Å². The van der Waals surface area contributed by atoms with Crippen molar-refractivity contribution in [2.75, 3.05) is 11.4 Å². The summed E-state index contributed by atoms with van der Waals surface area (Å²) in [7, 11) is 0. The molecule has 2 heterocycles. The molecule has 0 radical (unpaired) electrons. The van der Waals surface area contributed by atoms with E-state index < -0.39 is 52.6 Å². The zero-order valence-electron chi connectivity index (χ0n) is 21.6. The van der Waals surface area contributed by atoms with Gasteiger partial charge >= 0.3 is 0 Å². The van der Waals surface area contributed by atoms with Crippen LogP contribution in [0.3, 0.4) is 0 Å². The number of rotatable bonds is 4. The van der Waals surface area contributed by atoms with E-state index in [2.05, 4.69) is 0 Å². The van der Waals surface area contributed by atoms with Crippen LogP contribution in [-0.2, 0) is 19.2 Å². The number of hydrogen-bond donors (Lipinski definition) is 1. The normalized spacial score (nSPS) is 31.8. The van der Waals surface area contributed by atoms with E-state index in [1.165, 1.54) is 29.2 Å². The van der Waals surface area contributed by atoms with Crippen molar-refractivity contribution in [3.63, 3.8) is 0 Å². The number of carbonyl (C=O) groups is 4. The summed E-state index contributed by atoms with van der Waals surface area (Å²) in [5.41, 5.74) is 0.587. The van der Waals surface area contributed by atoms with Gasteiger partial charge in [-0.25, -0.2) is 9.29 Å². The molecule has 6 atom stereocenters. The molecule has 39 heavy (non-hydrogen) atoms. The fraction of sp³-hybridized carbons (Fsp3) is 0.400. The molecule has 0 bridgehead atoms. The number of nitrogens with zero attached hydrogens (tertiary/aromatic N) is 2. The maximum atomic E-state index is 14.2. The third kappa shape index (κ3) is 3.53.